The predicted octanol–water partition coefficient (Wildman–Crippen LogP) is -0.211. The number of aromatic hydroxyl groups is 4. The molecule has 6 N–H and O–H groups in total. The zero-order chi connectivity index (χ0) is 30.0. The number of phenols is 4. The minimum Gasteiger partial charge on any atom is -0.504 e. The van der Waals surface area contributed by atoms with Gasteiger partial charge in [0.05, 0.1) is 26.7 Å². The first-order valence-electron chi connectivity index (χ1n) is 13.0. The van der Waals surface area contributed by atoms with Crippen LogP contribution in [0.15, 0.2) is 36.4 Å². The molecule has 4 heterocycles. The summed E-state index contributed by atoms with van der Waals surface area (Å²) in [7, 11) is 0. The van der Waals surface area contributed by atoms with Gasteiger partial charge in [0.1, 0.15) is 12.1 Å². The number of hydrogen-bond donors (Lipinski definition) is 6. The maximum absolute atomic E-state index is 13.6. The van der Waals surface area contributed by atoms with Gasteiger partial charge < -0.3 is 30.6 Å². The van der Waals surface area contributed by atoms with Crippen LogP contribution in [0, 0.1) is 0 Å². The summed E-state index contributed by atoms with van der Waals surface area (Å²) in [5.74, 6) is -3.90. The number of aliphatic carboxylic acids is 2. The van der Waals surface area contributed by atoms with Crippen molar-refractivity contribution in [2.75, 3.05) is 26.7 Å². The average Bonchev–Trinajstić information content (AvgIpc) is 3.40. The highest BCUT2D eigenvalue weighted by Crippen LogP contribution is 2.41. The highest BCUT2D eigenvalue weighted by molar-refractivity contribution is 5.86. The minimum atomic E-state index is -1.20. The van der Waals surface area contributed by atoms with E-state index in [1.165, 1.54) is 65.8 Å². The molecule has 4 amide bonds. The lowest BCUT2D eigenvalue weighted by molar-refractivity contribution is -0.149. The Morgan fingerprint density at radius 1 is 0.619 bits per heavy atom. The fourth-order valence-electron chi connectivity index (χ4n) is 6.19. The van der Waals surface area contributed by atoms with Crippen LogP contribution in [-0.2, 0) is 22.4 Å². The number of urea groups is 2. The van der Waals surface area contributed by atoms with E-state index in [1.807, 2.05) is 0 Å². The molecule has 4 fully saturated rings. The smallest absolute Gasteiger partial charge is 0.325 e. The molecule has 2 atom stereocenters. The fraction of sp³-hybridized carbons (Fsp3) is 0.385. The summed E-state index contributed by atoms with van der Waals surface area (Å²) in [6, 6.07) is 4.64. The van der Waals surface area contributed by atoms with Crippen LogP contribution in [-0.4, -0.2) is 135 Å². The van der Waals surface area contributed by atoms with Crippen molar-refractivity contribution in [3.05, 3.63) is 47.5 Å². The number of carboxylic acid groups (broad SMARTS) is 2. The van der Waals surface area contributed by atoms with E-state index < -0.39 is 59.9 Å². The maximum Gasteiger partial charge on any atom is 0.325 e. The molecule has 16 heteroatoms. The lowest BCUT2D eigenvalue weighted by Gasteiger charge is -2.44. The topological polar surface area (TPSA) is 209 Å². The van der Waals surface area contributed by atoms with Crippen molar-refractivity contribution in [3.8, 4) is 23.0 Å². The van der Waals surface area contributed by atoms with E-state index in [0.717, 1.165) is 0 Å². The molecule has 0 aliphatic carbocycles. The third-order valence-corrected chi connectivity index (χ3v) is 8.25. The standard InChI is InChI=1S/C26H28N6O10/c33-17-3-1-13(7-19(17)35)5-15(23(37)38)27-9-29-21-22-31(25(29)41)11-28(12-32(22)26(42)30(21)10-27)16(24(39)40)6-14-2-4-18(34)20(36)8-14/h1-4,7-8,15-16,21-22,33-36H,5-6,9-12H2,(H,37,38)(H,39,40). The van der Waals surface area contributed by atoms with E-state index in [-0.39, 0.29) is 51.0 Å². The molecule has 42 heavy (non-hydrogen) atoms. The molecule has 0 saturated carbocycles. The van der Waals surface area contributed by atoms with Gasteiger partial charge in [-0.25, -0.2) is 9.59 Å². The van der Waals surface area contributed by atoms with E-state index in [1.54, 1.807) is 0 Å². The Bertz CT molecular complexity index is 1350. The number of phenolic OH excluding ortho intramolecular Hbond substituents is 4. The first-order valence-corrected chi connectivity index (χ1v) is 13.0. The number of benzene rings is 2. The quantitative estimate of drug-likeness (QED) is 0.223. The van der Waals surface area contributed by atoms with Gasteiger partial charge in [-0.2, -0.15) is 0 Å². The Morgan fingerprint density at radius 3 is 1.24 bits per heavy atom. The van der Waals surface area contributed by atoms with Crippen LogP contribution in [0.2, 0.25) is 0 Å². The fourth-order valence-corrected chi connectivity index (χ4v) is 6.19. The van der Waals surface area contributed by atoms with Crippen LogP contribution in [0.25, 0.3) is 0 Å². The highest BCUT2D eigenvalue weighted by Gasteiger charge is 2.64. The summed E-state index contributed by atoms with van der Waals surface area (Å²) in [4.78, 5) is 60.4. The summed E-state index contributed by atoms with van der Waals surface area (Å²) < 4.78 is 0. The van der Waals surface area contributed by atoms with Gasteiger partial charge in [-0.15, -0.1) is 0 Å². The molecule has 2 unspecified atom stereocenters. The van der Waals surface area contributed by atoms with Crippen molar-refractivity contribution in [1.82, 2.24) is 29.4 Å². The van der Waals surface area contributed by atoms with Gasteiger partial charge in [-0.1, -0.05) is 12.1 Å². The van der Waals surface area contributed by atoms with Crippen LogP contribution in [0.1, 0.15) is 11.1 Å². The lowest BCUT2D eigenvalue weighted by Crippen LogP contribution is -2.64. The normalized spacial score (nSPS) is 23.3. The summed E-state index contributed by atoms with van der Waals surface area (Å²) in [6.45, 7) is -0.427. The van der Waals surface area contributed by atoms with Gasteiger partial charge in [0.2, 0.25) is 0 Å². The Morgan fingerprint density at radius 2 is 0.952 bits per heavy atom. The van der Waals surface area contributed by atoms with Gasteiger partial charge in [0.25, 0.3) is 0 Å². The SMILES string of the molecule is O=C(O)C(Cc1ccc(O)c(O)c1)N1CN2C(=O)N3CN(C(Cc4ccc(O)c(O)c4)C(=O)O)CN4C(=O)N(C1)C2C34. The molecule has 0 bridgehead atoms. The molecule has 4 aliphatic rings. The summed E-state index contributed by atoms with van der Waals surface area (Å²) in [5, 5.41) is 59.0. The van der Waals surface area contributed by atoms with Gasteiger partial charge in [-0.3, -0.25) is 39.0 Å². The Balaban J connectivity index is 1.24. The van der Waals surface area contributed by atoms with E-state index in [0.29, 0.717) is 11.1 Å². The van der Waals surface area contributed by atoms with E-state index in [9.17, 15) is 49.8 Å². The molecule has 4 saturated heterocycles. The first-order chi connectivity index (χ1) is 19.9. The number of rotatable bonds is 8. The molecule has 0 radical (unpaired) electrons. The molecular formula is C26H28N6O10. The van der Waals surface area contributed by atoms with Crippen LogP contribution in [0.4, 0.5) is 9.59 Å². The average molecular weight is 585 g/mol. The van der Waals surface area contributed by atoms with Crippen LogP contribution in [0.5, 0.6) is 23.0 Å². The number of carboxylic acids is 2. The van der Waals surface area contributed by atoms with Gasteiger partial charge in [0, 0.05) is 0 Å². The number of carbonyl (C=O) groups is 4. The Kier molecular flexibility index (Phi) is 6.38. The number of hydrogen-bond acceptors (Lipinski definition) is 10. The molecule has 6 rings (SSSR count). The van der Waals surface area contributed by atoms with Crippen molar-refractivity contribution in [1.29, 1.82) is 0 Å². The van der Waals surface area contributed by atoms with Crippen LogP contribution >= 0.6 is 0 Å². The molecule has 0 aromatic heterocycles. The van der Waals surface area contributed by atoms with E-state index in [2.05, 4.69) is 0 Å². The molecule has 2 aromatic carbocycles. The monoisotopic (exact) mass is 584 g/mol. The predicted molar refractivity (Wildman–Crippen MR) is 139 cm³/mol. The second-order valence-electron chi connectivity index (χ2n) is 10.8. The third kappa shape index (κ3) is 4.31. The summed E-state index contributed by atoms with van der Waals surface area (Å²) >= 11 is 0. The number of carbonyl (C=O) groups excluding carboxylic acids is 2. The Labute approximate surface area is 238 Å². The van der Waals surface area contributed by atoms with E-state index in [4.69, 9.17) is 0 Å². The van der Waals surface area contributed by atoms with Crippen molar-refractivity contribution in [3.63, 3.8) is 0 Å². The molecule has 4 aliphatic heterocycles. The zero-order valence-electron chi connectivity index (χ0n) is 22.0. The molecule has 222 valence electrons. The molecule has 0 spiro atoms. The van der Waals surface area contributed by atoms with Crippen molar-refractivity contribution < 1.29 is 49.8 Å². The van der Waals surface area contributed by atoms with Crippen LogP contribution < -0.4 is 0 Å². The molecular weight excluding hydrogens is 556 g/mol. The lowest BCUT2D eigenvalue weighted by atomic mass is 10.0. The first kappa shape index (κ1) is 27.2. The summed E-state index contributed by atoms with van der Waals surface area (Å²) in [6.07, 6.45) is -1.52. The van der Waals surface area contributed by atoms with Gasteiger partial charge in [-0.05, 0) is 48.2 Å². The third-order valence-electron chi connectivity index (χ3n) is 8.25. The largest absolute Gasteiger partial charge is 0.504 e. The second kappa shape index (κ2) is 9.85. The minimum absolute atomic E-state index is 0.0738. The van der Waals surface area contributed by atoms with Crippen molar-refractivity contribution in [2.45, 2.75) is 37.3 Å². The van der Waals surface area contributed by atoms with Gasteiger partial charge in [0.15, 0.2) is 35.3 Å². The van der Waals surface area contributed by atoms with Crippen LogP contribution in [0.3, 0.4) is 0 Å². The highest BCUT2D eigenvalue weighted by atomic mass is 16.4. The van der Waals surface area contributed by atoms with E-state index >= 15 is 0 Å². The van der Waals surface area contributed by atoms with Crippen molar-refractivity contribution in [2.24, 2.45) is 0 Å². The molecule has 2 aromatic rings. The van der Waals surface area contributed by atoms with Crippen molar-refractivity contribution >= 4 is 24.0 Å². The Hall–Kier alpha value is -4.96. The molecule has 16 nitrogen and oxygen atoms in total. The van der Waals surface area contributed by atoms with Gasteiger partial charge >= 0.3 is 24.0 Å². The summed E-state index contributed by atoms with van der Waals surface area (Å²) in [5.41, 5.74) is 0.861. The number of amides is 4. The number of nitrogens with zero attached hydrogens (tertiary/aromatic N) is 6. The second-order valence-corrected chi connectivity index (χ2v) is 10.8. The maximum atomic E-state index is 13.6. The zero-order valence-corrected chi connectivity index (χ0v) is 22.0.